The topological polar surface area (TPSA) is 284 Å². The molecule has 5 atom stereocenters. The van der Waals surface area contributed by atoms with E-state index in [2.05, 4.69) is 69.2 Å². The van der Waals surface area contributed by atoms with Gasteiger partial charge in [0.25, 0.3) is 0 Å². The van der Waals surface area contributed by atoms with Crippen molar-refractivity contribution >= 4 is 154 Å². The molecular formula is C99H181N5O13S7. The fourth-order valence-electron chi connectivity index (χ4n) is 13.7. The second-order valence-electron chi connectivity index (χ2n) is 38.2. The first kappa shape index (κ1) is 124. The molecule has 3 aliphatic rings. The molecule has 0 aliphatic carbocycles. The molecule has 25 heteroatoms. The number of rotatable bonds is 72. The third-order valence-electron chi connectivity index (χ3n) is 22.1. The smallest absolute Gasteiger partial charge is 0.242 e. The van der Waals surface area contributed by atoms with E-state index in [0.717, 1.165) is 181 Å². The molecule has 6 amide bonds. The van der Waals surface area contributed by atoms with E-state index in [-0.39, 0.29) is 99.6 Å². The number of nitrogens with zero attached hydrogens (tertiary/aromatic N) is 3. The molecule has 722 valence electrons. The van der Waals surface area contributed by atoms with Crippen LogP contribution in [0.5, 0.6) is 0 Å². The summed E-state index contributed by atoms with van der Waals surface area (Å²) < 4.78 is 0. The quantitative estimate of drug-likeness (QED) is 0.0325. The molecule has 3 saturated heterocycles. The van der Waals surface area contributed by atoms with Gasteiger partial charge in [0.15, 0.2) is 11.6 Å². The molecule has 124 heavy (non-hydrogen) atoms. The molecule has 3 rings (SSSR count). The number of amides is 6. The Bertz CT molecular complexity index is 2930. The van der Waals surface area contributed by atoms with Gasteiger partial charge in [-0.1, -0.05) is 297 Å². The van der Waals surface area contributed by atoms with Crippen LogP contribution in [0.15, 0.2) is 0 Å². The molecule has 0 spiro atoms. The number of likely N-dealkylation sites (tertiary alicyclic amines) is 3. The van der Waals surface area contributed by atoms with Gasteiger partial charge in [-0.25, -0.2) is 0 Å². The minimum absolute atomic E-state index is 0.00666. The number of carbonyl (C=O) groups is 13. The molecule has 3 aliphatic heterocycles. The van der Waals surface area contributed by atoms with Crippen LogP contribution in [0.3, 0.4) is 0 Å². The summed E-state index contributed by atoms with van der Waals surface area (Å²) in [4.78, 5) is 160. The third-order valence-corrected chi connectivity index (χ3v) is 31.0. The predicted molar refractivity (Wildman–Crippen MR) is 537 cm³/mol. The van der Waals surface area contributed by atoms with Crippen LogP contribution >= 0.6 is 78.5 Å². The number of hydrogen-bond acceptors (Lipinski definition) is 22. The van der Waals surface area contributed by atoms with Crippen LogP contribution in [-0.4, -0.2) is 178 Å². The highest BCUT2D eigenvalue weighted by molar-refractivity contribution is 8.77. The maximum atomic E-state index is 12.5. The Morgan fingerprint density at radius 3 is 0.847 bits per heavy atom. The number of hydrogen-bond donors (Lipinski definition) is 2. The van der Waals surface area contributed by atoms with Gasteiger partial charge < -0.3 is 11.5 Å². The SMILES string of the molecule is CC(C)CCCCCCC(=O)CCCCCN1C(=O)CC(SC[C@H](N)C(=O)C(C)C)C1=O.CC(C)CCCSC1CC(=O)N(CCCCCC(=O)C(C)C)C1=O.CC(C)CCCSC1CC(=O)N(CCCCCCCCCCC(=O)C(C)C)C1=O.CC(C)CCCSSCCC(=O)CCCCCCC(=O)C(C)C.CC(C)CCCSSC[C@H](N)C(=O)C(C)C. The third kappa shape index (κ3) is 66.8. The Labute approximate surface area is 785 Å². The van der Waals surface area contributed by atoms with Gasteiger partial charge in [-0.15, -0.1) is 35.3 Å². The molecule has 18 nitrogen and oxygen atoms in total. The second-order valence-corrected chi connectivity index (χ2v) is 47.4. The van der Waals surface area contributed by atoms with E-state index < -0.39 is 11.3 Å². The molecule has 0 bridgehead atoms. The van der Waals surface area contributed by atoms with Crippen molar-refractivity contribution < 1.29 is 62.3 Å². The zero-order chi connectivity index (χ0) is 93.9. The van der Waals surface area contributed by atoms with Crippen LogP contribution in [0.25, 0.3) is 0 Å². The predicted octanol–water partition coefficient (Wildman–Crippen LogP) is 24.3. The fraction of sp³-hybridized carbons (Fsp3) is 0.869. The minimum Gasteiger partial charge on any atom is -0.321 e. The van der Waals surface area contributed by atoms with Gasteiger partial charge in [0, 0.05) is 142 Å². The first-order chi connectivity index (χ1) is 58.7. The van der Waals surface area contributed by atoms with E-state index in [0.29, 0.717) is 111 Å². The molecular weight excluding hydrogens is 1690 g/mol. The highest BCUT2D eigenvalue weighted by Gasteiger charge is 2.41. The summed E-state index contributed by atoms with van der Waals surface area (Å²) in [7, 11) is 7.32. The maximum Gasteiger partial charge on any atom is 0.242 e. The van der Waals surface area contributed by atoms with Crippen molar-refractivity contribution in [1.29, 1.82) is 0 Å². The normalized spacial score (nSPS) is 15.9. The van der Waals surface area contributed by atoms with Crippen molar-refractivity contribution in [3.63, 3.8) is 0 Å². The van der Waals surface area contributed by atoms with Crippen molar-refractivity contribution in [3.8, 4) is 0 Å². The molecule has 3 unspecified atom stereocenters. The van der Waals surface area contributed by atoms with E-state index in [4.69, 9.17) is 11.5 Å². The first-order valence-electron chi connectivity index (χ1n) is 48.7. The van der Waals surface area contributed by atoms with E-state index in [9.17, 15) is 62.3 Å². The average molecular weight is 1870 g/mol. The number of imide groups is 3. The van der Waals surface area contributed by atoms with Gasteiger partial charge in [-0.2, -0.15) is 0 Å². The lowest BCUT2D eigenvalue weighted by Gasteiger charge is -2.16. The molecule has 3 heterocycles. The van der Waals surface area contributed by atoms with Crippen LogP contribution < -0.4 is 11.5 Å². The average Bonchev–Trinajstić information content (AvgIpc) is 1.72. The zero-order valence-corrected chi connectivity index (χ0v) is 87.6. The van der Waals surface area contributed by atoms with Crippen LogP contribution in [0.1, 0.15) is 402 Å². The van der Waals surface area contributed by atoms with Gasteiger partial charge in [0.05, 0.1) is 27.8 Å². The van der Waals surface area contributed by atoms with Crippen LogP contribution in [0.2, 0.25) is 0 Å². The van der Waals surface area contributed by atoms with Crippen molar-refractivity contribution in [2.75, 3.05) is 59.9 Å². The van der Waals surface area contributed by atoms with Gasteiger partial charge in [0.1, 0.15) is 28.9 Å². The fourth-order valence-corrected chi connectivity index (χ4v) is 21.6. The van der Waals surface area contributed by atoms with Crippen molar-refractivity contribution in [2.45, 2.75) is 430 Å². The summed E-state index contributed by atoms with van der Waals surface area (Å²) in [5.74, 6) is 12.0. The molecule has 0 saturated carbocycles. The van der Waals surface area contributed by atoms with Crippen molar-refractivity contribution in [2.24, 2.45) is 70.6 Å². The highest BCUT2D eigenvalue weighted by Crippen LogP contribution is 2.32. The minimum atomic E-state index is -0.602. The van der Waals surface area contributed by atoms with Crippen molar-refractivity contribution in [1.82, 2.24) is 14.7 Å². The van der Waals surface area contributed by atoms with E-state index >= 15 is 0 Å². The second kappa shape index (κ2) is 78.0. The molecule has 3 fully saturated rings. The lowest BCUT2D eigenvalue weighted by molar-refractivity contribution is -0.139. The lowest BCUT2D eigenvalue weighted by atomic mass is 10.0. The number of unbranched alkanes of at least 4 members (excludes halogenated alkanes) is 17. The summed E-state index contributed by atoms with van der Waals surface area (Å²) in [6, 6.07) is -0.892. The summed E-state index contributed by atoms with van der Waals surface area (Å²) >= 11 is 4.62. The molecule has 0 aromatic rings. The summed E-state index contributed by atoms with van der Waals surface area (Å²) in [5, 5.41) is -0.750. The number of carbonyl (C=O) groups excluding carboxylic acids is 13. The Hall–Kier alpha value is -2.52. The van der Waals surface area contributed by atoms with Crippen molar-refractivity contribution in [3.05, 3.63) is 0 Å². The van der Waals surface area contributed by atoms with E-state index in [1.54, 1.807) is 48.2 Å². The van der Waals surface area contributed by atoms with Crippen LogP contribution in [-0.2, 0) is 62.3 Å². The van der Waals surface area contributed by atoms with E-state index in [1.165, 1.54) is 109 Å². The Morgan fingerprint density at radius 1 is 0.274 bits per heavy atom. The number of thioether (sulfide) groups is 3. The lowest BCUT2D eigenvalue weighted by Crippen LogP contribution is -2.37. The summed E-state index contributed by atoms with van der Waals surface area (Å²) in [6.45, 7) is 43.0. The van der Waals surface area contributed by atoms with E-state index in [1.807, 2.05) is 87.8 Å². The van der Waals surface area contributed by atoms with Gasteiger partial charge in [0.2, 0.25) is 35.4 Å². The molecule has 0 radical (unpaired) electrons. The molecule has 0 aromatic carbocycles. The first-order valence-corrected chi connectivity index (χ1v) is 56.8. The number of nitrogens with two attached hydrogens (primary N) is 2. The molecule has 0 aromatic heterocycles. The number of Topliss-reactive ketones (excluding diaryl/α,β-unsaturated/α-hetero) is 7. The van der Waals surface area contributed by atoms with Gasteiger partial charge in [-0.3, -0.25) is 77.0 Å². The monoisotopic (exact) mass is 1870 g/mol. The maximum absolute atomic E-state index is 12.5. The number of ketones is 7. The van der Waals surface area contributed by atoms with Crippen LogP contribution in [0, 0.1) is 59.2 Å². The van der Waals surface area contributed by atoms with Gasteiger partial charge >= 0.3 is 0 Å². The summed E-state index contributed by atoms with van der Waals surface area (Å²) in [5.41, 5.74) is 11.7. The Balaban J connectivity index is 0. The standard InChI is InChI=1S/C25H44N2O4S.C24H43NO3S.C19H33NO3S.C19H36O2S2.C12H25NOS2/c1-18(2)12-8-5-6-9-13-20(28)14-10-7-11-15-27-23(29)16-22(25(27)31)32-17-21(26)24(30)19(3)4;1-19(2)14-13-17-29-22-18-23(27)25(24(22)28)16-12-10-8-6-5-7-9-11-15-21(26)20(3)4;1-14(2)9-8-12-24-17-13-18(22)20(19(17)23)11-7-5-6-10-16(21)15(3)4;1-16(2)10-9-14-22-23-15-13-18(20)11-7-5-6-8-12-19(21)17(3)4;1-9(2)6-5-7-15-16-8-11(13)12(14)10(3)4/h18-19,21-22H,5-17,26H2,1-4H3;19-20,22H,5-18H2,1-4H3;14-15,17H,5-13H2,1-4H3;16-17H,5-15H2,1-4H3;9-11H,5-8,13H2,1-4H3/t21-,22?;;;;11-/m0...0/s1. The largest absolute Gasteiger partial charge is 0.321 e. The Morgan fingerprint density at radius 2 is 0.524 bits per heavy atom. The highest BCUT2D eigenvalue weighted by atomic mass is 33.1. The van der Waals surface area contributed by atoms with Gasteiger partial charge in [-0.05, 0) is 125 Å². The zero-order valence-electron chi connectivity index (χ0n) is 81.9. The van der Waals surface area contributed by atoms with Crippen LogP contribution in [0.4, 0.5) is 0 Å². The molecule has 4 N–H and O–H groups in total. The Kier molecular flexibility index (Phi) is 77.7. The summed E-state index contributed by atoms with van der Waals surface area (Å²) in [6.07, 6.45) is 39.2.